The molecule has 2 rings (SSSR count). The Labute approximate surface area is 104 Å². The first-order valence-corrected chi connectivity index (χ1v) is 5.66. The molecule has 17 heavy (non-hydrogen) atoms. The van der Waals surface area contributed by atoms with Crippen molar-refractivity contribution in [2.75, 3.05) is 0 Å². The Kier molecular flexibility index (Phi) is 3.54. The van der Waals surface area contributed by atoms with Gasteiger partial charge in [0.2, 0.25) is 0 Å². The summed E-state index contributed by atoms with van der Waals surface area (Å²) in [6.45, 7) is 0. The van der Waals surface area contributed by atoms with E-state index < -0.39 is 0 Å². The van der Waals surface area contributed by atoms with Crippen molar-refractivity contribution < 1.29 is 4.79 Å². The number of aryl methyl sites for hydroxylation is 2. The molecule has 0 amide bonds. The lowest BCUT2D eigenvalue weighted by molar-refractivity contribution is 0.0982. The quantitative estimate of drug-likeness (QED) is 0.781. The van der Waals surface area contributed by atoms with E-state index in [0.717, 1.165) is 5.69 Å². The summed E-state index contributed by atoms with van der Waals surface area (Å²) in [7, 11) is 1.86. The Morgan fingerprint density at radius 3 is 2.88 bits per heavy atom. The Bertz CT molecular complexity index is 536. The van der Waals surface area contributed by atoms with E-state index in [4.69, 9.17) is 11.6 Å². The first-order chi connectivity index (χ1) is 8.18. The predicted octanol–water partition coefficient (Wildman–Crippen LogP) is 2.28. The van der Waals surface area contributed by atoms with Gasteiger partial charge in [0, 0.05) is 43.3 Å². The third-order valence-electron chi connectivity index (χ3n) is 2.60. The summed E-state index contributed by atoms with van der Waals surface area (Å²) in [5, 5.41) is 4.46. The summed E-state index contributed by atoms with van der Waals surface area (Å²) in [5.41, 5.74) is 1.56. The van der Waals surface area contributed by atoms with Crippen molar-refractivity contribution in [2.24, 2.45) is 7.05 Å². The predicted molar refractivity (Wildman–Crippen MR) is 65.1 cm³/mol. The van der Waals surface area contributed by atoms with Crippen molar-refractivity contribution in [1.29, 1.82) is 0 Å². The van der Waals surface area contributed by atoms with Crippen LogP contribution in [0.5, 0.6) is 0 Å². The van der Waals surface area contributed by atoms with Crippen molar-refractivity contribution in [3.63, 3.8) is 0 Å². The van der Waals surface area contributed by atoms with E-state index in [2.05, 4.69) is 10.1 Å². The monoisotopic (exact) mass is 249 g/mol. The molecule has 0 atom stereocenters. The molecule has 0 radical (unpaired) electrons. The van der Waals surface area contributed by atoms with Gasteiger partial charge < -0.3 is 0 Å². The molecule has 0 spiro atoms. The molecule has 0 saturated heterocycles. The van der Waals surface area contributed by atoms with Gasteiger partial charge in [-0.25, -0.2) is 0 Å². The molecule has 0 unspecified atom stereocenters. The van der Waals surface area contributed by atoms with Crippen molar-refractivity contribution in [3.05, 3.63) is 47.0 Å². The third-order valence-corrected chi connectivity index (χ3v) is 2.90. The molecule has 5 heteroatoms. The van der Waals surface area contributed by atoms with Crippen LogP contribution in [-0.2, 0) is 13.5 Å². The number of carbonyl (C=O) groups is 1. The molecule has 2 aromatic rings. The highest BCUT2D eigenvalue weighted by atomic mass is 35.5. The molecule has 0 aliphatic heterocycles. The van der Waals surface area contributed by atoms with Crippen LogP contribution < -0.4 is 0 Å². The average molecular weight is 250 g/mol. The maximum atomic E-state index is 11.9. The van der Waals surface area contributed by atoms with Crippen molar-refractivity contribution in [2.45, 2.75) is 12.8 Å². The number of halogens is 1. The lowest BCUT2D eigenvalue weighted by atomic mass is 10.1. The summed E-state index contributed by atoms with van der Waals surface area (Å²) in [4.78, 5) is 15.8. The molecular weight excluding hydrogens is 238 g/mol. The van der Waals surface area contributed by atoms with Crippen LogP contribution in [0.15, 0.2) is 30.7 Å². The summed E-state index contributed by atoms with van der Waals surface area (Å²) >= 11 is 5.91. The van der Waals surface area contributed by atoms with Gasteiger partial charge in [-0.1, -0.05) is 11.6 Å². The highest BCUT2D eigenvalue weighted by molar-refractivity contribution is 6.33. The molecule has 88 valence electrons. The zero-order valence-electron chi connectivity index (χ0n) is 9.43. The largest absolute Gasteiger partial charge is 0.294 e. The van der Waals surface area contributed by atoms with E-state index >= 15 is 0 Å². The Hall–Kier alpha value is -1.68. The molecule has 0 fully saturated rings. The number of aromatic nitrogens is 3. The molecular formula is C12H12ClN3O. The molecule has 0 N–H and O–H groups in total. The number of carbonyl (C=O) groups excluding carboxylic acids is 1. The van der Waals surface area contributed by atoms with E-state index in [1.165, 1.54) is 6.20 Å². The van der Waals surface area contributed by atoms with Gasteiger partial charge in [0.15, 0.2) is 5.78 Å². The van der Waals surface area contributed by atoms with Crippen LogP contribution >= 0.6 is 11.6 Å². The topological polar surface area (TPSA) is 47.8 Å². The molecule has 0 bridgehead atoms. The van der Waals surface area contributed by atoms with Crippen LogP contribution in [-0.4, -0.2) is 20.5 Å². The summed E-state index contributed by atoms with van der Waals surface area (Å²) < 4.78 is 1.77. The fraction of sp³-hybridized carbons (Fsp3) is 0.250. The van der Waals surface area contributed by atoms with E-state index in [9.17, 15) is 4.79 Å². The van der Waals surface area contributed by atoms with Crippen molar-refractivity contribution in [3.8, 4) is 0 Å². The smallest absolute Gasteiger partial charge is 0.164 e. The molecule has 0 aliphatic carbocycles. The summed E-state index contributed by atoms with van der Waals surface area (Å²) in [5.74, 6) is 0.0265. The fourth-order valence-electron chi connectivity index (χ4n) is 1.62. The number of ketones is 1. The summed E-state index contributed by atoms with van der Waals surface area (Å²) in [6, 6.07) is 3.55. The highest BCUT2D eigenvalue weighted by Gasteiger charge is 2.10. The minimum Gasteiger partial charge on any atom is -0.294 e. The molecule has 0 saturated carbocycles. The number of hydrogen-bond donors (Lipinski definition) is 0. The minimum absolute atomic E-state index is 0.0265. The Balaban J connectivity index is 2.04. The summed E-state index contributed by atoms with van der Waals surface area (Å²) in [6.07, 6.45) is 5.86. The van der Waals surface area contributed by atoms with Crippen molar-refractivity contribution >= 4 is 17.4 Å². The van der Waals surface area contributed by atoms with E-state index in [0.29, 0.717) is 23.4 Å². The zero-order chi connectivity index (χ0) is 12.3. The maximum Gasteiger partial charge on any atom is 0.164 e. The normalized spacial score (nSPS) is 10.5. The highest BCUT2D eigenvalue weighted by Crippen LogP contribution is 2.16. The van der Waals surface area contributed by atoms with E-state index in [-0.39, 0.29) is 5.78 Å². The molecule has 0 aromatic carbocycles. The number of Topliss-reactive ketones (excluding diaryl/α,β-unsaturated/α-hetero) is 1. The molecule has 4 nitrogen and oxygen atoms in total. The van der Waals surface area contributed by atoms with Crippen LogP contribution in [0.3, 0.4) is 0 Å². The van der Waals surface area contributed by atoms with Gasteiger partial charge in [0.1, 0.15) is 0 Å². The van der Waals surface area contributed by atoms with Crippen LogP contribution in [0.1, 0.15) is 22.5 Å². The van der Waals surface area contributed by atoms with Gasteiger partial charge in [-0.2, -0.15) is 5.10 Å². The number of hydrogen-bond acceptors (Lipinski definition) is 3. The molecule has 2 heterocycles. The second-order valence-corrected chi connectivity index (χ2v) is 4.13. The van der Waals surface area contributed by atoms with Crippen molar-refractivity contribution in [1.82, 2.24) is 14.8 Å². The third kappa shape index (κ3) is 2.71. The average Bonchev–Trinajstić information content (AvgIpc) is 2.72. The lowest BCUT2D eigenvalue weighted by Gasteiger charge is -2.03. The molecule has 2 aromatic heterocycles. The van der Waals surface area contributed by atoms with Crippen LogP contribution in [0, 0.1) is 0 Å². The van der Waals surface area contributed by atoms with Crippen LogP contribution in [0.25, 0.3) is 0 Å². The first kappa shape index (κ1) is 11.8. The van der Waals surface area contributed by atoms with Gasteiger partial charge in [-0.3, -0.25) is 14.5 Å². The number of rotatable bonds is 4. The molecule has 0 aliphatic rings. The standard InChI is InChI=1S/C12H12ClN3O/c1-16-9(4-7-15-16)2-3-12(17)10-5-6-14-8-11(10)13/h4-8H,2-3H2,1H3. The Morgan fingerprint density at radius 2 is 2.24 bits per heavy atom. The second kappa shape index (κ2) is 5.10. The SMILES string of the molecule is Cn1nccc1CCC(=O)c1ccncc1Cl. The Morgan fingerprint density at radius 1 is 1.41 bits per heavy atom. The van der Waals surface area contributed by atoms with E-state index in [1.807, 2.05) is 13.1 Å². The van der Waals surface area contributed by atoms with Gasteiger partial charge in [-0.05, 0) is 18.6 Å². The number of nitrogens with zero attached hydrogens (tertiary/aromatic N) is 3. The minimum atomic E-state index is 0.0265. The lowest BCUT2D eigenvalue weighted by Crippen LogP contribution is -2.05. The fourth-order valence-corrected chi connectivity index (χ4v) is 1.85. The number of pyridine rings is 1. The van der Waals surface area contributed by atoms with Crippen LogP contribution in [0.4, 0.5) is 0 Å². The second-order valence-electron chi connectivity index (χ2n) is 3.72. The maximum absolute atomic E-state index is 11.9. The van der Waals surface area contributed by atoms with Gasteiger partial charge in [-0.15, -0.1) is 0 Å². The zero-order valence-corrected chi connectivity index (χ0v) is 10.2. The van der Waals surface area contributed by atoms with E-state index in [1.54, 1.807) is 23.1 Å². The van der Waals surface area contributed by atoms with Gasteiger partial charge in [0.25, 0.3) is 0 Å². The van der Waals surface area contributed by atoms with Crippen LogP contribution in [0.2, 0.25) is 5.02 Å². The van der Waals surface area contributed by atoms with Gasteiger partial charge in [0.05, 0.1) is 5.02 Å². The first-order valence-electron chi connectivity index (χ1n) is 5.28. The van der Waals surface area contributed by atoms with Gasteiger partial charge >= 0.3 is 0 Å².